The molecule has 1 aromatic rings. The van der Waals surface area contributed by atoms with Gasteiger partial charge >= 0.3 is 0 Å². The highest BCUT2D eigenvalue weighted by molar-refractivity contribution is 5.45. The van der Waals surface area contributed by atoms with E-state index < -0.39 is 5.79 Å². The molecule has 0 aliphatic carbocycles. The van der Waals surface area contributed by atoms with Crippen molar-refractivity contribution in [2.45, 2.75) is 25.2 Å². The van der Waals surface area contributed by atoms with Gasteiger partial charge in [-0.05, 0) is 30.7 Å². The Morgan fingerprint density at radius 1 is 1.38 bits per heavy atom. The molecular weight excluding hydrogens is 268 g/mol. The van der Waals surface area contributed by atoms with Crippen LogP contribution in [0, 0.1) is 11.3 Å². The van der Waals surface area contributed by atoms with Gasteiger partial charge in [0.05, 0.1) is 32.4 Å². The molecule has 0 saturated carbocycles. The standard InChI is InChI=1S/C16H20N2O3/c1-19-15-9-13(3-4-14(15)10-17)11-18-6-2-5-16(12-18)20-7-8-21-16/h3-4,9H,2,5-8,11-12H2,1H3. The maximum Gasteiger partial charge on any atom is 0.181 e. The molecule has 2 heterocycles. The van der Waals surface area contributed by atoms with Gasteiger partial charge in [0.1, 0.15) is 11.8 Å². The predicted octanol–water partition coefficient (Wildman–Crippen LogP) is 1.91. The Bertz CT molecular complexity index is 547. The van der Waals surface area contributed by atoms with Gasteiger partial charge in [-0.2, -0.15) is 5.26 Å². The Morgan fingerprint density at radius 3 is 2.90 bits per heavy atom. The Labute approximate surface area is 125 Å². The van der Waals surface area contributed by atoms with Gasteiger partial charge in [0.2, 0.25) is 0 Å². The van der Waals surface area contributed by atoms with Crippen molar-refractivity contribution in [3.63, 3.8) is 0 Å². The number of likely N-dealkylation sites (tertiary alicyclic amines) is 1. The molecule has 112 valence electrons. The van der Waals surface area contributed by atoms with Crippen molar-refractivity contribution in [3.8, 4) is 11.8 Å². The first-order valence-corrected chi connectivity index (χ1v) is 7.32. The minimum atomic E-state index is -0.394. The number of rotatable bonds is 3. The van der Waals surface area contributed by atoms with E-state index in [1.165, 1.54) is 0 Å². The van der Waals surface area contributed by atoms with Crippen molar-refractivity contribution in [2.24, 2.45) is 0 Å². The van der Waals surface area contributed by atoms with E-state index in [4.69, 9.17) is 19.5 Å². The van der Waals surface area contributed by atoms with Crippen LogP contribution >= 0.6 is 0 Å². The molecule has 21 heavy (non-hydrogen) atoms. The van der Waals surface area contributed by atoms with Gasteiger partial charge in [-0.3, -0.25) is 4.90 Å². The zero-order valence-corrected chi connectivity index (χ0v) is 12.3. The quantitative estimate of drug-likeness (QED) is 0.850. The van der Waals surface area contributed by atoms with Crippen molar-refractivity contribution in [1.29, 1.82) is 5.26 Å². The lowest BCUT2D eigenvalue weighted by Gasteiger charge is -2.38. The van der Waals surface area contributed by atoms with Gasteiger partial charge in [0, 0.05) is 13.0 Å². The monoisotopic (exact) mass is 288 g/mol. The van der Waals surface area contributed by atoms with Crippen molar-refractivity contribution < 1.29 is 14.2 Å². The van der Waals surface area contributed by atoms with Crippen LogP contribution in [-0.4, -0.2) is 44.1 Å². The molecule has 2 saturated heterocycles. The topological polar surface area (TPSA) is 54.7 Å². The second kappa shape index (κ2) is 6.02. The molecule has 2 aliphatic rings. The Balaban J connectivity index is 1.70. The fraction of sp³-hybridized carbons (Fsp3) is 0.562. The number of piperidine rings is 1. The van der Waals surface area contributed by atoms with Crippen LogP contribution < -0.4 is 4.74 Å². The molecule has 2 fully saturated rings. The molecule has 0 radical (unpaired) electrons. The normalized spacial score (nSPS) is 21.3. The minimum absolute atomic E-state index is 0.394. The highest BCUT2D eigenvalue weighted by Gasteiger charge is 2.40. The number of benzene rings is 1. The highest BCUT2D eigenvalue weighted by Crippen LogP contribution is 2.31. The zero-order valence-electron chi connectivity index (χ0n) is 12.3. The third kappa shape index (κ3) is 3.03. The largest absolute Gasteiger partial charge is 0.495 e. The van der Waals surface area contributed by atoms with E-state index in [1.807, 2.05) is 18.2 Å². The summed E-state index contributed by atoms with van der Waals surface area (Å²) >= 11 is 0. The number of nitriles is 1. The number of methoxy groups -OCH3 is 1. The average molecular weight is 288 g/mol. The van der Waals surface area contributed by atoms with E-state index in [-0.39, 0.29) is 0 Å². The lowest BCUT2D eigenvalue weighted by atomic mass is 10.0. The Morgan fingerprint density at radius 2 is 2.19 bits per heavy atom. The smallest absolute Gasteiger partial charge is 0.181 e. The molecule has 5 heteroatoms. The van der Waals surface area contributed by atoms with Crippen LogP contribution in [0.5, 0.6) is 5.75 Å². The van der Waals surface area contributed by atoms with Gasteiger partial charge in [0.15, 0.2) is 5.79 Å². The summed E-state index contributed by atoms with van der Waals surface area (Å²) in [4.78, 5) is 2.34. The first-order valence-electron chi connectivity index (χ1n) is 7.32. The number of nitrogens with zero attached hydrogens (tertiary/aromatic N) is 2. The zero-order chi connectivity index (χ0) is 14.7. The molecule has 1 spiro atoms. The second-order valence-electron chi connectivity index (χ2n) is 5.57. The summed E-state index contributed by atoms with van der Waals surface area (Å²) in [7, 11) is 1.59. The third-order valence-electron chi connectivity index (χ3n) is 4.10. The average Bonchev–Trinajstić information content (AvgIpc) is 2.95. The first-order chi connectivity index (χ1) is 10.2. The van der Waals surface area contributed by atoms with Crippen LogP contribution in [-0.2, 0) is 16.0 Å². The summed E-state index contributed by atoms with van der Waals surface area (Å²) in [6.07, 6.45) is 2.05. The van der Waals surface area contributed by atoms with Crippen LogP contribution in [0.2, 0.25) is 0 Å². The lowest BCUT2D eigenvalue weighted by Crippen LogP contribution is -2.48. The molecule has 0 amide bonds. The first kappa shape index (κ1) is 14.3. The summed E-state index contributed by atoms with van der Waals surface area (Å²) in [6, 6.07) is 7.88. The van der Waals surface area contributed by atoms with Gasteiger partial charge < -0.3 is 14.2 Å². The molecule has 0 aromatic heterocycles. The fourth-order valence-corrected chi connectivity index (χ4v) is 3.12. The van der Waals surface area contributed by atoms with Gasteiger partial charge in [0.25, 0.3) is 0 Å². The fourth-order valence-electron chi connectivity index (χ4n) is 3.12. The van der Waals surface area contributed by atoms with Gasteiger partial charge in [-0.25, -0.2) is 0 Å². The van der Waals surface area contributed by atoms with Crippen molar-refractivity contribution in [3.05, 3.63) is 29.3 Å². The van der Waals surface area contributed by atoms with E-state index in [9.17, 15) is 0 Å². The maximum atomic E-state index is 9.03. The summed E-state index contributed by atoms with van der Waals surface area (Å²) < 4.78 is 16.9. The van der Waals surface area contributed by atoms with Gasteiger partial charge in [-0.1, -0.05) is 6.07 Å². The van der Waals surface area contributed by atoms with E-state index in [0.717, 1.165) is 38.0 Å². The van der Waals surface area contributed by atoms with Crippen LogP contribution in [0.1, 0.15) is 24.0 Å². The summed E-state index contributed by atoms with van der Waals surface area (Å²) in [5.41, 5.74) is 1.71. The van der Waals surface area contributed by atoms with E-state index >= 15 is 0 Å². The predicted molar refractivity (Wildman–Crippen MR) is 76.9 cm³/mol. The maximum absolute atomic E-state index is 9.03. The number of hydrogen-bond acceptors (Lipinski definition) is 5. The number of ether oxygens (including phenoxy) is 3. The van der Waals surface area contributed by atoms with Crippen LogP contribution in [0.15, 0.2) is 18.2 Å². The second-order valence-corrected chi connectivity index (χ2v) is 5.57. The molecule has 0 atom stereocenters. The lowest BCUT2D eigenvalue weighted by molar-refractivity contribution is -0.190. The molecule has 1 aromatic carbocycles. The SMILES string of the molecule is COc1cc(CN2CCCC3(C2)OCCO3)ccc1C#N. The highest BCUT2D eigenvalue weighted by atomic mass is 16.7. The van der Waals surface area contributed by atoms with Crippen LogP contribution in [0.25, 0.3) is 0 Å². The molecule has 3 rings (SSSR count). The van der Waals surface area contributed by atoms with Gasteiger partial charge in [-0.15, -0.1) is 0 Å². The molecule has 0 unspecified atom stereocenters. The minimum Gasteiger partial charge on any atom is -0.495 e. The van der Waals surface area contributed by atoms with E-state index in [0.29, 0.717) is 24.5 Å². The summed E-state index contributed by atoms with van der Waals surface area (Å²) in [5.74, 6) is 0.240. The van der Waals surface area contributed by atoms with Crippen molar-refractivity contribution in [2.75, 3.05) is 33.4 Å². The van der Waals surface area contributed by atoms with Crippen molar-refractivity contribution in [1.82, 2.24) is 4.90 Å². The summed E-state index contributed by atoms with van der Waals surface area (Å²) in [5, 5.41) is 9.03. The van der Waals surface area contributed by atoms with Crippen LogP contribution in [0.3, 0.4) is 0 Å². The Kier molecular flexibility index (Phi) is 4.11. The molecule has 5 nitrogen and oxygen atoms in total. The molecule has 0 bridgehead atoms. The third-order valence-corrected chi connectivity index (χ3v) is 4.10. The Hall–Kier alpha value is -1.61. The van der Waals surface area contributed by atoms with Crippen LogP contribution in [0.4, 0.5) is 0 Å². The van der Waals surface area contributed by atoms with E-state index in [1.54, 1.807) is 7.11 Å². The number of hydrogen-bond donors (Lipinski definition) is 0. The molecule has 2 aliphatic heterocycles. The summed E-state index contributed by atoms with van der Waals surface area (Å²) in [6.45, 7) is 4.04. The van der Waals surface area contributed by atoms with Crippen molar-refractivity contribution >= 4 is 0 Å². The molecule has 0 N–H and O–H groups in total. The molecular formula is C16H20N2O3. The van der Waals surface area contributed by atoms with E-state index in [2.05, 4.69) is 11.0 Å².